The number of nitrogens with one attached hydrogen (secondary N) is 2. The molecule has 0 radical (unpaired) electrons. The van der Waals surface area contributed by atoms with Crippen molar-refractivity contribution in [3.8, 4) is 10.7 Å². The Morgan fingerprint density at radius 2 is 2.25 bits per heavy atom. The van der Waals surface area contributed by atoms with Crippen LogP contribution in [0, 0.1) is 5.92 Å². The van der Waals surface area contributed by atoms with E-state index >= 15 is 0 Å². The molecule has 2 aromatic rings. The van der Waals surface area contributed by atoms with E-state index in [1.54, 1.807) is 0 Å². The standard InChI is InChI=1S/C13H18ClN5S/c1-15-8-9-4-6-19(7-5-9)13-16-12(17-18-13)10-2-3-11(14)20-10/h2-3,9,15H,4-8H2,1H3,(H,16,17,18). The van der Waals surface area contributed by atoms with Crippen LogP contribution in [0.4, 0.5) is 5.95 Å². The first-order chi connectivity index (χ1) is 9.76. The number of thiophene rings is 1. The Morgan fingerprint density at radius 1 is 1.45 bits per heavy atom. The van der Waals surface area contributed by atoms with Crippen LogP contribution in [0.3, 0.4) is 0 Å². The number of aromatic nitrogens is 3. The molecule has 3 heterocycles. The molecule has 5 nitrogen and oxygen atoms in total. The smallest absolute Gasteiger partial charge is 0.245 e. The van der Waals surface area contributed by atoms with Gasteiger partial charge in [0.1, 0.15) is 0 Å². The Labute approximate surface area is 127 Å². The van der Waals surface area contributed by atoms with E-state index in [9.17, 15) is 0 Å². The van der Waals surface area contributed by atoms with Gasteiger partial charge in [-0.2, -0.15) is 4.98 Å². The maximum Gasteiger partial charge on any atom is 0.245 e. The van der Waals surface area contributed by atoms with Crippen LogP contribution in [0.1, 0.15) is 12.8 Å². The van der Waals surface area contributed by atoms with Gasteiger partial charge in [0.25, 0.3) is 0 Å². The lowest BCUT2D eigenvalue weighted by molar-refractivity contribution is 0.391. The molecule has 1 fully saturated rings. The van der Waals surface area contributed by atoms with E-state index in [-0.39, 0.29) is 0 Å². The monoisotopic (exact) mass is 311 g/mol. The fraction of sp³-hybridized carbons (Fsp3) is 0.538. The highest BCUT2D eigenvalue weighted by molar-refractivity contribution is 7.19. The summed E-state index contributed by atoms with van der Waals surface area (Å²) in [5.74, 6) is 2.37. The molecule has 2 aromatic heterocycles. The van der Waals surface area contributed by atoms with Crippen LogP contribution in [0.15, 0.2) is 12.1 Å². The van der Waals surface area contributed by atoms with Crippen LogP contribution < -0.4 is 10.2 Å². The Morgan fingerprint density at radius 3 is 2.90 bits per heavy atom. The van der Waals surface area contributed by atoms with Crippen molar-refractivity contribution in [1.82, 2.24) is 20.5 Å². The van der Waals surface area contributed by atoms with Crippen molar-refractivity contribution in [2.24, 2.45) is 5.92 Å². The van der Waals surface area contributed by atoms with Gasteiger partial charge in [-0.15, -0.1) is 16.4 Å². The molecule has 0 aromatic carbocycles. The predicted molar refractivity (Wildman–Crippen MR) is 83.6 cm³/mol. The van der Waals surface area contributed by atoms with Gasteiger partial charge in [0.05, 0.1) is 9.21 Å². The van der Waals surface area contributed by atoms with Gasteiger partial charge in [0.2, 0.25) is 5.95 Å². The van der Waals surface area contributed by atoms with E-state index in [0.717, 1.165) is 46.5 Å². The molecule has 0 spiro atoms. The van der Waals surface area contributed by atoms with Crippen LogP contribution in [0.5, 0.6) is 0 Å². The number of aromatic amines is 1. The highest BCUT2D eigenvalue weighted by Crippen LogP contribution is 2.30. The zero-order chi connectivity index (χ0) is 13.9. The highest BCUT2D eigenvalue weighted by Gasteiger charge is 2.21. The second-order valence-electron chi connectivity index (χ2n) is 5.08. The van der Waals surface area contributed by atoms with Crippen molar-refractivity contribution < 1.29 is 0 Å². The van der Waals surface area contributed by atoms with Crippen LogP contribution >= 0.6 is 22.9 Å². The Bertz CT molecular complexity index is 559. The number of H-pyrrole nitrogens is 1. The third-order valence-corrected chi connectivity index (χ3v) is 4.91. The average molecular weight is 312 g/mol. The molecule has 0 bridgehead atoms. The lowest BCUT2D eigenvalue weighted by Gasteiger charge is -2.30. The fourth-order valence-electron chi connectivity index (χ4n) is 2.57. The number of anilines is 1. The average Bonchev–Trinajstić information content (AvgIpc) is 3.09. The summed E-state index contributed by atoms with van der Waals surface area (Å²) in [6.45, 7) is 3.14. The third-order valence-electron chi connectivity index (χ3n) is 3.67. The summed E-state index contributed by atoms with van der Waals surface area (Å²) >= 11 is 7.46. The maximum absolute atomic E-state index is 5.95. The lowest BCUT2D eigenvalue weighted by Crippen LogP contribution is -2.37. The molecule has 1 aliphatic rings. The second kappa shape index (κ2) is 6.11. The number of hydrogen-bond acceptors (Lipinski definition) is 5. The number of nitrogens with zero attached hydrogens (tertiary/aromatic N) is 3. The minimum absolute atomic E-state index is 0.769. The first-order valence-electron chi connectivity index (χ1n) is 6.84. The normalized spacial score (nSPS) is 16.8. The van der Waals surface area contributed by atoms with Crippen molar-refractivity contribution in [3.63, 3.8) is 0 Å². The van der Waals surface area contributed by atoms with Crippen molar-refractivity contribution in [3.05, 3.63) is 16.5 Å². The topological polar surface area (TPSA) is 56.8 Å². The highest BCUT2D eigenvalue weighted by atomic mass is 35.5. The predicted octanol–water partition coefficient (Wildman–Crippen LogP) is 2.62. The number of halogens is 1. The minimum atomic E-state index is 0.769. The summed E-state index contributed by atoms with van der Waals surface area (Å²) in [7, 11) is 2.01. The van der Waals surface area contributed by atoms with Gasteiger partial charge in [-0.05, 0) is 44.5 Å². The SMILES string of the molecule is CNCC1CCN(c2n[nH]c(-c3ccc(Cl)s3)n2)CC1. The first kappa shape index (κ1) is 13.9. The van der Waals surface area contributed by atoms with Crippen molar-refractivity contribution in [2.45, 2.75) is 12.8 Å². The van der Waals surface area contributed by atoms with Gasteiger partial charge >= 0.3 is 0 Å². The quantitative estimate of drug-likeness (QED) is 0.911. The second-order valence-corrected chi connectivity index (χ2v) is 6.79. The molecule has 0 atom stereocenters. The molecule has 0 unspecified atom stereocenters. The molecule has 0 saturated carbocycles. The summed E-state index contributed by atoms with van der Waals surface area (Å²) in [4.78, 5) is 7.86. The Kier molecular flexibility index (Phi) is 4.24. The van der Waals surface area contributed by atoms with Crippen LogP contribution in [0.2, 0.25) is 4.34 Å². The number of rotatable bonds is 4. The molecule has 20 heavy (non-hydrogen) atoms. The van der Waals surface area contributed by atoms with Crippen molar-refractivity contribution in [2.75, 3.05) is 31.6 Å². The molecule has 2 N–H and O–H groups in total. The van der Waals surface area contributed by atoms with Gasteiger partial charge in [-0.1, -0.05) is 11.6 Å². The Balaban J connectivity index is 1.66. The largest absolute Gasteiger partial charge is 0.340 e. The van der Waals surface area contributed by atoms with Gasteiger partial charge in [-0.25, -0.2) is 0 Å². The zero-order valence-electron chi connectivity index (χ0n) is 11.4. The summed E-state index contributed by atoms with van der Waals surface area (Å²) < 4.78 is 0.769. The van der Waals surface area contributed by atoms with Gasteiger partial charge < -0.3 is 10.2 Å². The lowest BCUT2D eigenvalue weighted by atomic mass is 9.97. The van der Waals surface area contributed by atoms with E-state index in [1.807, 2.05) is 19.2 Å². The molecule has 108 valence electrons. The molecule has 7 heteroatoms. The zero-order valence-corrected chi connectivity index (χ0v) is 13.0. The van der Waals surface area contributed by atoms with E-state index in [0.29, 0.717) is 0 Å². The molecule has 1 saturated heterocycles. The fourth-order valence-corrected chi connectivity index (χ4v) is 3.55. The number of hydrogen-bond donors (Lipinski definition) is 2. The summed E-state index contributed by atoms with van der Waals surface area (Å²) in [6.07, 6.45) is 2.38. The summed E-state index contributed by atoms with van der Waals surface area (Å²) in [6, 6.07) is 3.85. The molecule has 3 rings (SSSR count). The summed E-state index contributed by atoms with van der Waals surface area (Å²) in [5, 5.41) is 10.6. The molecular weight excluding hydrogens is 294 g/mol. The van der Waals surface area contributed by atoms with E-state index in [1.165, 1.54) is 24.2 Å². The van der Waals surface area contributed by atoms with Crippen LogP contribution in [-0.2, 0) is 0 Å². The molecule has 0 amide bonds. The maximum atomic E-state index is 5.95. The van der Waals surface area contributed by atoms with Crippen molar-refractivity contribution in [1.29, 1.82) is 0 Å². The van der Waals surface area contributed by atoms with Gasteiger partial charge in [0, 0.05) is 13.1 Å². The first-order valence-corrected chi connectivity index (χ1v) is 8.03. The number of piperidine rings is 1. The summed E-state index contributed by atoms with van der Waals surface area (Å²) in [5.41, 5.74) is 0. The van der Waals surface area contributed by atoms with Gasteiger partial charge in [0.15, 0.2) is 5.82 Å². The Hall–Kier alpha value is -1.11. The van der Waals surface area contributed by atoms with Gasteiger partial charge in [-0.3, -0.25) is 5.10 Å². The van der Waals surface area contributed by atoms with E-state index in [4.69, 9.17) is 11.6 Å². The molecule has 0 aliphatic carbocycles. The van der Waals surface area contributed by atoms with Crippen LogP contribution in [-0.4, -0.2) is 41.9 Å². The van der Waals surface area contributed by atoms with Crippen molar-refractivity contribution >= 4 is 28.9 Å². The van der Waals surface area contributed by atoms with E-state index < -0.39 is 0 Å². The van der Waals surface area contributed by atoms with Crippen LogP contribution in [0.25, 0.3) is 10.7 Å². The molecular formula is C13H18ClN5S. The minimum Gasteiger partial charge on any atom is -0.340 e. The third kappa shape index (κ3) is 2.97. The van der Waals surface area contributed by atoms with E-state index in [2.05, 4.69) is 25.4 Å². The molecule has 1 aliphatic heterocycles.